The number of nitrogens with one attached hydrogen (secondary N) is 2. The first-order valence-corrected chi connectivity index (χ1v) is 12.1. The number of carbonyl (C=O) groups excluding carboxylic acids is 2. The fourth-order valence-corrected chi connectivity index (χ4v) is 5.02. The smallest absolute Gasteiger partial charge is 0.271 e. The minimum atomic E-state index is -3.65. The number of sulfonamides is 1. The van der Waals surface area contributed by atoms with E-state index in [2.05, 4.69) is 10.0 Å². The molecular weight excluding hydrogens is 434 g/mol. The molecule has 162 valence electrons. The molecule has 2 amide bonds. The Balaban J connectivity index is 1.74. The highest BCUT2D eigenvalue weighted by Gasteiger charge is 2.18. The van der Waals surface area contributed by atoms with E-state index < -0.39 is 15.9 Å². The summed E-state index contributed by atoms with van der Waals surface area (Å²) in [6.07, 6.45) is 0. The van der Waals surface area contributed by atoms with Crippen molar-refractivity contribution in [3.8, 4) is 0 Å². The number of thiophene rings is 1. The maximum absolute atomic E-state index is 12.7. The lowest BCUT2D eigenvalue weighted by Gasteiger charge is -2.20. The molecule has 0 unspecified atom stereocenters. The molecule has 0 saturated heterocycles. The van der Waals surface area contributed by atoms with Crippen molar-refractivity contribution >= 4 is 44.5 Å². The van der Waals surface area contributed by atoms with Crippen LogP contribution in [0.4, 0.5) is 11.4 Å². The minimum absolute atomic E-state index is 0.153. The molecule has 2 aromatic carbocycles. The lowest BCUT2D eigenvalue weighted by atomic mass is 10.1. The molecule has 1 heterocycles. The van der Waals surface area contributed by atoms with E-state index in [1.807, 2.05) is 13.8 Å². The molecule has 0 saturated carbocycles. The molecule has 0 bridgehead atoms. The van der Waals surface area contributed by atoms with Crippen LogP contribution < -0.4 is 10.0 Å². The minimum Gasteiger partial charge on any atom is -0.339 e. The quantitative estimate of drug-likeness (QED) is 0.528. The van der Waals surface area contributed by atoms with Crippen LogP contribution in [-0.4, -0.2) is 38.2 Å². The number of hydrogen-bond donors (Lipinski definition) is 2. The van der Waals surface area contributed by atoms with E-state index in [4.69, 9.17) is 0 Å². The second-order valence-electron chi connectivity index (χ2n) is 6.59. The summed E-state index contributed by atoms with van der Waals surface area (Å²) in [7, 11) is -3.65. The molecule has 9 heteroatoms. The number of carbonyl (C=O) groups is 2. The maximum atomic E-state index is 12.7. The van der Waals surface area contributed by atoms with Gasteiger partial charge in [-0.2, -0.15) is 0 Å². The maximum Gasteiger partial charge on any atom is 0.271 e. The first-order valence-electron chi connectivity index (χ1n) is 9.71. The predicted octanol–water partition coefficient (Wildman–Crippen LogP) is 4.28. The van der Waals surface area contributed by atoms with Gasteiger partial charge in [0.15, 0.2) is 0 Å². The summed E-state index contributed by atoms with van der Waals surface area (Å²) in [5.41, 5.74) is 1.53. The van der Waals surface area contributed by atoms with Crippen LogP contribution in [0.1, 0.15) is 34.6 Å². The zero-order chi connectivity index (χ0) is 22.4. The lowest BCUT2D eigenvalue weighted by molar-refractivity contribution is 0.0774. The molecule has 1 aromatic heterocycles. The van der Waals surface area contributed by atoms with Gasteiger partial charge in [-0.25, -0.2) is 8.42 Å². The Hall–Kier alpha value is -3.17. The molecule has 2 N–H and O–H groups in total. The largest absolute Gasteiger partial charge is 0.339 e. The Bertz CT molecular complexity index is 1150. The second kappa shape index (κ2) is 9.76. The topological polar surface area (TPSA) is 95.6 Å². The Morgan fingerprint density at radius 2 is 1.61 bits per heavy atom. The summed E-state index contributed by atoms with van der Waals surface area (Å²) in [5, 5.41) is 4.46. The number of amides is 2. The van der Waals surface area contributed by atoms with Crippen LogP contribution >= 0.6 is 11.3 Å². The van der Waals surface area contributed by atoms with Gasteiger partial charge in [-0.1, -0.05) is 18.2 Å². The monoisotopic (exact) mass is 457 g/mol. The summed E-state index contributed by atoms with van der Waals surface area (Å²) in [5.74, 6) is -0.549. The van der Waals surface area contributed by atoms with Crippen molar-refractivity contribution in [3.05, 3.63) is 77.2 Å². The molecule has 0 aliphatic rings. The third-order valence-corrected chi connectivity index (χ3v) is 7.39. The van der Waals surface area contributed by atoms with E-state index >= 15 is 0 Å². The first-order chi connectivity index (χ1) is 14.9. The number of hydrogen-bond acceptors (Lipinski definition) is 5. The first kappa shape index (κ1) is 22.5. The van der Waals surface area contributed by atoms with Crippen molar-refractivity contribution in [2.75, 3.05) is 23.1 Å². The van der Waals surface area contributed by atoms with Gasteiger partial charge in [0.2, 0.25) is 0 Å². The highest BCUT2D eigenvalue weighted by atomic mass is 32.2. The van der Waals surface area contributed by atoms with Crippen LogP contribution in [0.3, 0.4) is 0 Å². The molecular formula is C22H23N3O4S2. The van der Waals surface area contributed by atoms with E-state index in [0.29, 0.717) is 35.6 Å². The molecule has 7 nitrogen and oxygen atoms in total. The van der Waals surface area contributed by atoms with Gasteiger partial charge in [-0.3, -0.25) is 14.3 Å². The standard InChI is InChI=1S/C22H23N3O4S2/c1-3-25(4-2)22(27)18-8-5-6-9-19(18)23-21(26)16-11-13-17(14-12-16)24-31(28,29)20-10-7-15-30-20/h5-15,24H,3-4H2,1-2H3,(H,23,26). The van der Waals surface area contributed by atoms with Crippen LogP contribution in [0.5, 0.6) is 0 Å². The van der Waals surface area contributed by atoms with E-state index in [-0.39, 0.29) is 10.1 Å². The van der Waals surface area contributed by atoms with Crippen molar-refractivity contribution in [3.63, 3.8) is 0 Å². The van der Waals surface area contributed by atoms with Gasteiger partial charge in [0.25, 0.3) is 21.8 Å². The van der Waals surface area contributed by atoms with Gasteiger partial charge in [0.05, 0.1) is 11.3 Å². The van der Waals surface area contributed by atoms with Crippen LogP contribution in [-0.2, 0) is 10.0 Å². The average Bonchev–Trinajstić information content (AvgIpc) is 3.31. The SMILES string of the molecule is CCN(CC)C(=O)c1ccccc1NC(=O)c1ccc(NS(=O)(=O)c2cccs2)cc1. The van der Waals surface area contributed by atoms with Crippen molar-refractivity contribution in [1.29, 1.82) is 0 Å². The second-order valence-corrected chi connectivity index (χ2v) is 9.45. The van der Waals surface area contributed by atoms with E-state index in [1.165, 1.54) is 30.3 Å². The molecule has 3 rings (SSSR count). The van der Waals surface area contributed by atoms with Crippen molar-refractivity contribution in [2.45, 2.75) is 18.1 Å². The van der Waals surface area contributed by atoms with Gasteiger partial charge in [0.1, 0.15) is 4.21 Å². The molecule has 0 aliphatic carbocycles. The summed E-state index contributed by atoms with van der Waals surface area (Å²) in [4.78, 5) is 27.1. The van der Waals surface area contributed by atoms with Gasteiger partial charge in [-0.05, 0) is 61.7 Å². The van der Waals surface area contributed by atoms with Gasteiger partial charge in [0, 0.05) is 24.3 Å². The summed E-state index contributed by atoms with van der Waals surface area (Å²) in [6.45, 7) is 4.94. The van der Waals surface area contributed by atoms with Crippen molar-refractivity contribution in [1.82, 2.24) is 4.90 Å². The van der Waals surface area contributed by atoms with E-state index in [9.17, 15) is 18.0 Å². The normalized spacial score (nSPS) is 11.0. The summed E-state index contributed by atoms with van der Waals surface area (Å²) < 4.78 is 27.3. The summed E-state index contributed by atoms with van der Waals surface area (Å²) in [6, 6.07) is 16.1. The number of benzene rings is 2. The van der Waals surface area contributed by atoms with Crippen LogP contribution in [0.25, 0.3) is 0 Å². The van der Waals surface area contributed by atoms with Crippen molar-refractivity contribution in [2.24, 2.45) is 0 Å². The molecule has 0 atom stereocenters. The number of rotatable bonds is 8. The molecule has 0 spiro atoms. The molecule has 3 aromatic rings. The molecule has 0 aliphatic heterocycles. The zero-order valence-corrected chi connectivity index (χ0v) is 18.8. The Morgan fingerprint density at radius 1 is 0.935 bits per heavy atom. The number of anilines is 2. The van der Waals surface area contributed by atoms with Crippen molar-refractivity contribution < 1.29 is 18.0 Å². The predicted molar refractivity (Wildman–Crippen MR) is 123 cm³/mol. The van der Waals surface area contributed by atoms with Gasteiger partial charge in [-0.15, -0.1) is 11.3 Å². The van der Waals surface area contributed by atoms with Gasteiger partial charge < -0.3 is 10.2 Å². The van der Waals surface area contributed by atoms with Gasteiger partial charge >= 0.3 is 0 Å². The van der Waals surface area contributed by atoms with Crippen LogP contribution in [0, 0.1) is 0 Å². The average molecular weight is 458 g/mol. The van der Waals surface area contributed by atoms with E-state index in [0.717, 1.165) is 11.3 Å². The molecule has 31 heavy (non-hydrogen) atoms. The van der Waals surface area contributed by atoms with E-state index in [1.54, 1.807) is 40.6 Å². The fourth-order valence-electron chi connectivity index (χ4n) is 2.97. The number of nitrogens with zero attached hydrogens (tertiary/aromatic N) is 1. The lowest BCUT2D eigenvalue weighted by Crippen LogP contribution is -2.31. The third-order valence-electron chi connectivity index (χ3n) is 4.62. The number of para-hydroxylation sites is 1. The fraction of sp³-hybridized carbons (Fsp3) is 0.182. The molecule has 0 radical (unpaired) electrons. The molecule has 0 fully saturated rings. The van der Waals surface area contributed by atoms with Crippen LogP contribution in [0.15, 0.2) is 70.3 Å². The van der Waals surface area contributed by atoms with Crippen LogP contribution in [0.2, 0.25) is 0 Å². The highest BCUT2D eigenvalue weighted by Crippen LogP contribution is 2.22. The zero-order valence-electron chi connectivity index (χ0n) is 17.2. The third kappa shape index (κ3) is 5.31. The Labute approximate surface area is 185 Å². The Morgan fingerprint density at radius 3 is 2.23 bits per heavy atom. The highest BCUT2D eigenvalue weighted by molar-refractivity contribution is 7.94. The summed E-state index contributed by atoms with van der Waals surface area (Å²) >= 11 is 1.12. The Kier molecular flexibility index (Phi) is 7.09.